The maximum atomic E-state index is 12.4. The molecule has 0 heterocycles. The second-order valence-corrected chi connectivity index (χ2v) is 16.5. The van der Waals surface area contributed by atoms with Crippen LogP contribution in [0.15, 0.2) is 12.2 Å². The van der Waals surface area contributed by atoms with Gasteiger partial charge in [-0.25, -0.2) is 0 Å². The van der Waals surface area contributed by atoms with Crippen LogP contribution in [0, 0.1) is 0 Å². The summed E-state index contributed by atoms with van der Waals surface area (Å²) < 4.78 is 0. The van der Waals surface area contributed by atoms with E-state index in [2.05, 4.69) is 31.3 Å². The van der Waals surface area contributed by atoms with Gasteiger partial charge in [0.1, 0.15) is 0 Å². The topological polar surface area (TPSA) is 69.6 Å². The molecule has 0 aliphatic rings. The second-order valence-electron chi connectivity index (χ2n) is 16.5. The Bertz CT molecular complexity index is 710. The van der Waals surface area contributed by atoms with E-state index < -0.39 is 12.1 Å². The smallest absolute Gasteiger partial charge is 0.220 e. The van der Waals surface area contributed by atoms with Crippen LogP contribution in [0.1, 0.15) is 271 Å². The Morgan fingerprint density at radius 2 is 0.731 bits per heavy atom. The quantitative estimate of drug-likeness (QED) is 0.0431. The summed E-state index contributed by atoms with van der Waals surface area (Å²) in [6.07, 6.45) is 55.9. The third kappa shape index (κ3) is 40.3. The number of amides is 1. The molecule has 0 aromatic heterocycles. The maximum absolute atomic E-state index is 12.4. The molecule has 0 bridgehead atoms. The Morgan fingerprint density at radius 3 is 1.06 bits per heavy atom. The lowest BCUT2D eigenvalue weighted by Gasteiger charge is -2.22. The number of rotatable bonds is 44. The predicted molar refractivity (Wildman–Crippen MR) is 230 cm³/mol. The molecule has 0 aliphatic carbocycles. The molecule has 0 rings (SSSR count). The van der Waals surface area contributed by atoms with Crippen molar-refractivity contribution in [3.8, 4) is 0 Å². The maximum Gasteiger partial charge on any atom is 0.220 e. The van der Waals surface area contributed by atoms with Gasteiger partial charge in [0.15, 0.2) is 0 Å². The van der Waals surface area contributed by atoms with Crippen LogP contribution in [0.3, 0.4) is 0 Å². The van der Waals surface area contributed by atoms with E-state index >= 15 is 0 Å². The first-order valence-corrected chi connectivity index (χ1v) is 23.9. The Kier molecular flexibility index (Phi) is 43.8. The highest BCUT2D eigenvalue weighted by atomic mass is 16.3. The fraction of sp³-hybridized carbons (Fsp3) is 0.938. The van der Waals surface area contributed by atoms with E-state index in [9.17, 15) is 15.0 Å². The average Bonchev–Trinajstić information content (AvgIpc) is 3.15. The Hall–Kier alpha value is -0.870. The van der Waals surface area contributed by atoms with E-state index in [1.165, 1.54) is 218 Å². The standard InChI is InChI=1S/C48H95NO3/c1-3-5-7-9-11-13-15-17-19-21-23-24-26-28-30-32-34-36-38-40-42-44-48(52)49-46(45-50)47(51)43-41-39-37-35-33-31-29-27-25-22-20-18-16-14-12-10-8-6-4-2/h24,26,46-47,50-51H,3-23,25,27-45H2,1-2H3,(H,49,52)/b26-24-. The molecular formula is C48H95NO3. The number of aliphatic hydroxyl groups excluding tert-OH is 2. The minimum atomic E-state index is -0.658. The molecular weight excluding hydrogens is 639 g/mol. The van der Waals surface area contributed by atoms with Gasteiger partial charge >= 0.3 is 0 Å². The van der Waals surface area contributed by atoms with Gasteiger partial charge in [-0.1, -0.05) is 238 Å². The number of allylic oxidation sites excluding steroid dienone is 2. The van der Waals surface area contributed by atoms with E-state index in [0.29, 0.717) is 12.8 Å². The SMILES string of the molecule is CCCCCCCCCCCC/C=C\CCCCCCCCCC(=O)NC(CO)C(O)CCCCCCCCCCCCCCCCCCCCC. The molecule has 0 radical (unpaired) electrons. The molecule has 4 nitrogen and oxygen atoms in total. The van der Waals surface area contributed by atoms with Crippen LogP contribution in [0.2, 0.25) is 0 Å². The van der Waals surface area contributed by atoms with Crippen LogP contribution in [-0.4, -0.2) is 34.9 Å². The highest BCUT2D eigenvalue weighted by molar-refractivity contribution is 5.76. The summed E-state index contributed by atoms with van der Waals surface area (Å²) in [6, 6.07) is -0.535. The van der Waals surface area contributed by atoms with Gasteiger partial charge in [0.25, 0.3) is 0 Å². The summed E-state index contributed by atoms with van der Waals surface area (Å²) in [5.41, 5.74) is 0. The zero-order valence-electron chi connectivity index (χ0n) is 35.6. The lowest BCUT2D eigenvalue weighted by molar-refractivity contribution is -0.123. The largest absolute Gasteiger partial charge is 0.394 e. The van der Waals surface area contributed by atoms with E-state index in [0.717, 1.165) is 25.7 Å². The van der Waals surface area contributed by atoms with Crippen LogP contribution >= 0.6 is 0 Å². The molecule has 0 saturated carbocycles. The van der Waals surface area contributed by atoms with Crippen LogP contribution in [0.5, 0.6) is 0 Å². The first-order chi connectivity index (χ1) is 25.7. The lowest BCUT2D eigenvalue weighted by Crippen LogP contribution is -2.45. The van der Waals surface area contributed by atoms with Gasteiger partial charge in [0, 0.05) is 6.42 Å². The van der Waals surface area contributed by atoms with Crippen molar-refractivity contribution in [3.63, 3.8) is 0 Å². The number of nitrogens with one attached hydrogen (secondary N) is 1. The zero-order chi connectivity index (χ0) is 37.8. The summed E-state index contributed by atoms with van der Waals surface area (Å²) >= 11 is 0. The highest BCUT2D eigenvalue weighted by Crippen LogP contribution is 2.17. The summed E-state index contributed by atoms with van der Waals surface area (Å²) in [6.45, 7) is 4.38. The average molecular weight is 734 g/mol. The summed E-state index contributed by atoms with van der Waals surface area (Å²) in [4.78, 5) is 12.4. The lowest BCUT2D eigenvalue weighted by atomic mass is 10.0. The first kappa shape index (κ1) is 51.1. The molecule has 0 aliphatic heterocycles. The van der Waals surface area contributed by atoms with E-state index in [1.807, 2.05) is 0 Å². The van der Waals surface area contributed by atoms with E-state index in [1.54, 1.807) is 0 Å². The van der Waals surface area contributed by atoms with Crippen molar-refractivity contribution < 1.29 is 15.0 Å². The van der Waals surface area contributed by atoms with Gasteiger partial charge in [-0.2, -0.15) is 0 Å². The van der Waals surface area contributed by atoms with Crippen LogP contribution in [-0.2, 0) is 4.79 Å². The molecule has 0 saturated heterocycles. The third-order valence-corrected chi connectivity index (χ3v) is 11.3. The monoisotopic (exact) mass is 734 g/mol. The van der Waals surface area contributed by atoms with Gasteiger partial charge in [-0.15, -0.1) is 0 Å². The number of hydrogen-bond acceptors (Lipinski definition) is 3. The number of hydrogen-bond donors (Lipinski definition) is 3. The zero-order valence-corrected chi connectivity index (χ0v) is 35.6. The summed E-state index contributed by atoms with van der Waals surface area (Å²) in [5.74, 6) is -0.0316. The van der Waals surface area contributed by atoms with Crippen molar-refractivity contribution in [1.29, 1.82) is 0 Å². The van der Waals surface area contributed by atoms with Crippen LogP contribution < -0.4 is 5.32 Å². The third-order valence-electron chi connectivity index (χ3n) is 11.3. The number of carbonyl (C=O) groups excluding carboxylic acids is 1. The fourth-order valence-corrected chi connectivity index (χ4v) is 7.59. The minimum Gasteiger partial charge on any atom is -0.394 e. The van der Waals surface area contributed by atoms with E-state index in [4.69, 9.17) is 0 Å². The Morgan fingerprint density at radius 1 is 0.442 bits per heavy atom. The molecule has 0 spiro atoms. The number of aliphatic hydroxyl groups is 2. The summed E-state index contributed by atoms with van der Waals surface area (Å²) in [5, 5.41) is 23.2. The first-order valence-electron chi connectivity index (χ1n) is 23.9. The van der Waals surface area contributed by atoms with Crippen molar-refractivity contribution in [2.45, 2.75) is 283 Å². The molecule has 52 heavy (non-hydrogen) atoms. The predicted octanol–water partition coefficient (Wildman–Crippen LogP) is 15.0. The molecule has 0 aromatic rings. The fourth-order valence-electron chi connectivity index (χ4n) is 7.59. The van der Waals surface area contributed by atoms with Gasteiger partial charge in [0.05, 0.1) is 18.8 Å². The molecule has 2 atom stereocenters. The number of carbonyl (C=O) groups is 1. The molecule has 1 amide bonds. The molecule has 4 heteroatoms. The summed E-state index contributed by atoms with van der Waals surface area (Å²) in [7, 11) is 0. The van der Waals surface area contributed by atoms with Gasteiger partial charge in [0.2, 0.25) is 5.91 Å². The molecule has 0 aromatic carbocycles. The Balaban J connectivity index is 3.48. The van der Waals surface area contributed by atoms with Gasteiger partial charge < -0.3 is 15.5 Å². The van der Waals surface area contributed by atoms with Crippen LogP contribution in [0.25, 0.3) is 0 Å². The molecule has 310 valence electrons. The highest BCUT2D eigenvalue weighted by Gasteiger charge is 2.20. The molecule has 2 unspecified atom stereocenters. The second kappa shape index (κ2) is 44.5. The van der Waals surface area contributed by atoms with Gasteiger partial charge in [-0.05, 0) is 38.5 Å². The molecule has 0 fully saturated rings. The molecule has 3 N–H and O–H groups in total. The van der Waals surface area contributed by atoms with Crippen molar-refractivity contribution in [3.05, 3.63) is 12.2 Å². The van der Waals surface area contributed by atoms with Crippen LogP contribution in [0.4, 0.5) is 0 Å². The van der Waals surface area contributed by atoms with Gasteiger partial charge in [-0.3, -0.25) is 4.79 Å². The van der Waals surface area contributed by atoms with E-state index in [-0.39, 0.29) is 12.5 Å². The van der Waals surface area contributed by atoms with Crippen molar-refractivity contribution in [1.82, 2.24) is 5.32 Å². The van der Waals surface area contributed by atoms with Crippen molar-refractivity contribution in [2.24, 2.45) is 0 Å². The normalized spacial score (nSPS) is 12.9. The van der Waals surface area contributed by atoms with Crippen molar-refractivity contribution >= 4 is 5.91 Å². The minimum absolute atomic E-state index is 0.0316. The van der Waals surface area contributed by atoms with Crippen molar-refractivity contribution in [2.75, 3.05) is 6.61 Å². The number of unbranched alkanes of at least 4 members (excludes halogenated alkanes) is 35. The Labute approximate surface area is 327 Å².